The van der Waals surface area contributed by atoms with E-state index in [1.807, 2.05) is 6.07 Å². The van der Waals surface area contributed by atoms with Gasteiger partial charge >= 0.3 is 0 Å². The minimum absolute atomic E-state index is 0.0894. The van der Waals surface area contributed by atoms with Crippen molar-refractivity contribution < 1.29 is 9.59 Å². The normalized spacial score (nSPS) is 22.9. The van der Waals surface area contributed by atoms with Crippen molar-refractivity contribution >= 4 is 40.9 Å². The Morgan fingerprint density at radius 2 is 2.07 bits per heavy atom. The summed E-state index contributed by atoms with van der Waals surface area (Å²) in [5.41, 5.74) is 3.50. The lowest BCUT2D eigenvalue weighted by molar-refractivity contribution is -0.128. The average molecular weight is 398 g/mol. The van der Waals surface area contributed by atoms with E-state index >= 15 is 0 Å². The number of anilines is 1. The predicted molar refractivity (Wildman–Crippen MR) is 117 cm³/mol. The summed E-state index contributed by atoms with van der Waals surface area (Å²) in [7, 11) is 0. The lowest BCUT2D eigenvalue weighted by atomic mass is 9.79. The Morgan fingerprint density at radius 3 is 2.71 bits per heavy atom. The number of nitrogens with one attached hydrogen (secondary N) is 1. The number of carbonyl (C=O) groups is 2. The minimum Gasteiger partial charge on any atom is -0.366 e. The molecule has 0 aromatic heterocycles. The van der Waals surface area contributed by atoms with Gasteiger partial charge in [-0.15, -0.1) is 6.58 Å². The van der Waals surface area contributed by atoms with Gasteiger partial charge in [0.25, 0.3) is 11.8 Å². The molecule has 148 valence electrons. The highest BCUT2D eigenvalue weighted by atomic mass is 32.1. The molecule has 0 bridgehead atoms. The first-order valence-electron chi connectivity index (χ1n) is 9.61. The fourth-order valence-corrected chi connectivity index (χ4v) is 4.60. The van der Waals surface area contributed by atoms with Crippen LogP contribution in [0.3, 0.4) is 0 Å². The van der Waals surface area contributed by atoms with Crippen LogP contribution in [0.1, 0.15) is 51.2 Å². The summed E-state index contributed by atoms with van der Waals surface area (Å²) in [5, 5.41) is 2.70. The van der Waals surface area contributed by atoms with Crippen LogP contribution < -0.4 is 10.2 Å². The van der Waals surface area contributed by atoms with Gasteiger partial charge < -0.3 is 4.90 Å². The Bertz CT molecular complexity index is 888. The molecule has 1 N–H and O–H groups in total. The Morgan fingerprint density at radius 1 is 1.36 bits per heavy atom. The van der Waals surface area contributed by atoms with Crippen molar-refractivity contribution in [3.8, 4) is 0 Å². The van der Waals surface area contributed by atoms with E-state index in [-0.39, 0.29) is 22.8 Å². The molecule has 2 heterocycles. The molecule has 1 fully saturated rings. The largest absolute Gasteiger partial charge is 0.366 e. The molecule has 2 aliphatic rings. The average Bonchev–Trinajstić information content (AvgIpc) is 2.62. The zero-order chi connectivity index (χ0) is 20.6. The fourth-order valence-electron chi connectivity index (χ4n) is 4.35. The molecule has 3 rings (SSSR count). The third-order valence-electron chi connectivity index (χ3n) is 5.53. The van der Waals surface area contributed by atoms with Gasteiger partial charge in [0.15, 0.2) is 5.11 Å². The maximum absolute atomic E-state index is 12.7. The number of fused-ring (bicyclic) bond motifs is 1. The van der Waals surface area contributed by atoms with Crippen molar-refractivity contribution in [3.63, 3.8) is 0 Å². The topological polar surface area (TPSA) is 52.7 Å². The number of nitrogens with zero attached hydrogens (tertiary/aromatic N) is 2. The molecule has 0 unspecified atom stereocenters. The Labute approximate surface area is 172 Å². The number of benzene rings is 1. The van der Waals surface area contributed by atoms with Crippen molar-refractivity contribution in [1.82, 2.24) is 10.2 Å². The van der Waals surface area contributed by atoms with Crippen LogP contribution in [0.2, 0.25) is 0 Å². The van der Waals surface area contributed by atoms with Crippen LogP contribution in [0.5, 0.6) is 0 Å². The summed E-state index contributed by atoms with van der Waals surface area (Å²) in [6, 6.07) is 6.16. The lowest BCUT2D eigenvalue weighted by Gasteiger charge is -2.47. The molecule has 0 spiro atoms. The maximum Gasteiger partial charge on any atom is 0.265 e. The summed E-state index contributed by atoms with van der Waals surface area (Å²) in [6.45, 7) is 13.8. The highest BCUT2D eigenvalue weighted by Gasteiger charge is 2.36. The van der Waals surface area contributed by atoms with Crippen LogP contribution in [0.25, 0.3) is 6.08 Å². The van der Waals surface area contributed by atoms with E-state index in [9.17, 15) is 9.59 Å². The molecule has 2 aliphatic heterocycles. The number of carbonyl (C=O) groups excluding carboxylic acids is 2. The van der Waals surface area contributed by atoms with E-state index in [4.69, 9.17) is 12.2 Å². The molecule has 0 saturated carbocycles. The predicted octanol–water partition coefficient (Wildman–Crippen LogP) is 3.61. The zero-order valence-corrected chi connectivity index (χ0v) is 17.7. The molecule has 1 saturated heterocycles. The van der Waals surface area contributed by atoms with Crippen molar-refractivity contribution in [2.24, 2.45) is 0 Å². The van der Waals surface area contributed by atoms with Crippen LogP contribution in [-0.2, 0) is 9.59 Å². The number of thiocarbonyl (C=S) groups is 1. The highest BCUT2D eigenvalue weighted by molar-refractivity contribution is 7.80. The van der Waals surface area contributed by atoms with Crippen LogP contribution in [-0.4, -0.2) is 40.5 Å². The van der Waals surface area contributed by atoms with E-state index in [0.717, 1.165) is 18.5 Å². The number of hydrogen-bond donors (Lipinski definition) is 1. The van der Waals surface area contributed by atoms with Crippen LogP contribution in [0.4, 0.5) is 5.69 Å². The molecule has 0 radical (unpaired) electrons. The first-order chi connectivity index (χ1) is 13.2. The second-order valence-electron chi connectivity index (χ2n) is 8.00. The molecule has 0 aliphatic carbocycles. The third-order valence-corrected chi connectivity index (χ3v) is 5.86. The van der Waals surface area contributed by atoms with Crippen LogP contribution in [0.15, 0.2) is 36.4 Å². The number of amides is 2. The third kappa shape index (κ3) is 3.49. The first kappa shape index (κ1) is 20.3. The maximum atomic E-state index is 12.7. The number of rotatable bonds is 4. The molecule has 6 heteroatoms. The summed E-state index contributed by atoms with van der Waals surface area (Å²) in [4.78, 5) is 28.9. The van der Waals surface area contributed by atoms with E-state index in [0.29, 0.717) is 5.92 Å². The molecule has 1 aromatic rings. The van der Waals surface area contributed by atoms with Gasteiger partial charge in [0.1, 0.15) is 5.57 Å². The highest BCUT2D eigenvalue weighted by Crippen LogP contribution is 2.43. The minimum atomic E-state index is -0.461. The Balaban J connectivity index is 2.00. The van der Waals surface area contributed by atoms with Gasteiger partial charge in [-0.2, -0.15) is 0 Å². The molecule has 1 atom stereocenters. The summed E-state index contributed by atoms with van der Waals surface area (Å²) in [6.07, 6.45) is 4.29. The van der Waals surface area contributed by atoms with Crippen molar-refractivity contribution in [1.29, 1.82) is 0 Å². The monoisotopic (exact) mass is 397 g/mol. The molecular weight excluding hydrogens is 370 g/mol. The van der Waals surface area contributed by atoms with Gasteiger partial charge in [-0.25, -0.2) is 0 Å². The van der Waals surface area contributed by atoms with Crippen LogP contribution in [0, 0.1) is 0 Å². The van der Waals surface area contributed by atoms with Gasteiger partial charge in [0, 0.05) is 24.3 Å². The van der Waals surface area contributed by atoms with Crippen molar-refractivity contribution in [2.75, 3.05) is 18.0 Å². The molecule has 5 nitrogen and oxygen atoms in total. The lowest BCUT2D eigenvalue weighted by Crippen LogP contribution is -2.53. The van der Waals surface area contributed by atoms with Gasteiger partial charge in [0.2, 0.25) is 0 Å². The molecule has 28 heavy (non-hydrogen) atoms. The van der Waals surface area contributed by atoms with Gasteiger partial charge in [0.05, 0.1) is 0 Å². The van der Waals surface area contributed by atoms with E-state index < -0.39 is 11.8 Å². The van der Waals surface area contributed by atoms with Gasteiger partial charge in [-0.3, -0.25) is 19.8 Å². The Hall–Kier alpha value is -2.47. The van der Waals surface area contributed by atoms with E-state index in [1.165, 1.54) is 16.2 Å². The van der Waals surface area contributed by atoms with Gasteiger partial charge in [-0.05, 0) is 74.7 Å². The van der Waals surface area contributed by atoms with E-state index in [1.54, 1.807) is 12.2 Å². The number of hydrogen-bond acceptors (Lipinski definition) is 4. The zero-order valence-electron chi connectivity index (χ0n) is 16.9. The smallest absolute Gasteiger partial charge is 0.265 e. The van der Waals surface area contributed by atoms with Crippen molar-refractivity contribution in [3.05, 3.63) is 47.6 Å². The van der Waals surface area contributed by atoms with Crippen LogP contribution >= 0.6 is 12.2 Å². The second kappa shape index (κ2) is 7.51. The van der Waals surface area contributed by atoms with E-state index in [2.05, 4.69) is 56.6 Å². The summed E-state index contributed by atoms with van der Waals surface area (Å²) < 4.78 is 0. The SMILES string of the molecule is C=CCN1C(=O)/C(=C\c2ccc3c(c2)[C@@H](C)CC(C)(C)N3CC)C(=O)NC1=S. The quantitative estimate of drug-likeness (QED) is 0.365. The van der Waals surface area contributed by atoms with Crippen molar-refractivity contribution in [2.45, 2.75) is 45.6 Å². The first-order valence-corrected chi connectivity index (χ1v) is 10.0. The molecular formula is C22H27N3O2S. The van der Waals surface area contributed by atoms with Gasteiger partial charge in [-0.1, -0.05) is 19.1 Å². The second-order valence-corrected chi connectivity index (χ2v) is 8.39. The molecule has 2 amide bonds. The summed E-state index contributed by atoms with van der Waals surface area (Å²) >= 11 is 5.10. The Kier molecular flexibility index (Phi) is 5.44. The fraction of sp³-hybridized carbons (Fsp3) is 0.409. The standard InChI is InChI=1S/C22H27N3O2S/c1-6-10-24-20(27)17(19(26)23-21(24)28)12-15-8-9-18-16(11-15)14(3)13-22(4,5)25(18)7-2/h6,8-9,11-12,14H,1,7,10,13H2,2-5H3,(H,23,26,28)/b17-12-/t14-/m0/s1. The molecule has 1 aromatic carbocycles. The summed E-state index contributed by atoms with van der Waals surface area (Å²) in [5.74, 6) is -0.458.